The molecule has 1 aliphatic rings. The molecule has 1 fully saturated rings. The van der Waals surface area contributed by atoms with Crippen LogP contribution in [0.5, 0.6) is 11.5 Å². The summed E-state index contributed by atoms with van der Waals surface area (Å²) in [4.78, 5) is 11.0. The first-order chi connectivity index (χ1) is 13.6. The van der Waals surface area contributed by atoms with Crippen molar-refractivity contribution in [3.63, 3.8) is 0 Å². The SMILES string of the molecule is CC(Cc1cccc(OCCOc2ccc(C3CCCCC3)cc2)c1)C(=O)O. The topological polar surface area (TPSA) is 55.8 Å². The smallest absolute Gasteiger partial charge is 0.306 e. The van der Waals surface area contributed by atoms with Crippen LogP contribution in [-0.2, 0) is 11.2 Å². The largest absolute Gasteiger partial charge is 0.490 e. The van der Waals surface area contributed by atoms with Gasteiger partial charge in [-0.2, -0.15) is 0 Å². The molecule has 2 aromatic carbocycles. The molecular weight excluding hydrogens is 352 g/mol. The molecule has 4 nitrogen and oxygen atoms in total. The Hall–Kier alpha value is -2.49. The van der Waals surface area contributed by atoms with E-state index in [1.165, 1.54) is 37.7 Å². The number of carboxylic acids is 1. The lowest BCUT2D eigenvalue weighted by Crippen LogP contribution is -2.12. The summed E-state index contributed by atoms with van der Waals surface area (Å²) < 4.78 is 11.6. The van der Waals surface area contributed by atoms with Gasteiger partial charge in [0, 0.05) is 0 Å². The molecule has 0 aromatic heterocycles. The highest BCUT2D eigenvalue weighted by Crippen LogP contribution is 2.33. The van der Waals surface area contributed by atoms with Crippen LogP contribution in [0.15, 0.2) is 48.5 Å². The van der Waals surface area contributed by atoms with Gasteiger partial charge in [0.25, 0.3) is 0 Å². The van der Waals surface area contributed by atoms with Gasteiger partial charge in [-0.25, -0.2) is 0 Å². The summed E-state index contributed by atoms with van der Waals surface area (Å²) in [6.45, 7) is 2.63. The van der Waals surface area contributed by atoms with E-state index >= 15 is 0 Å². The zero-order valence-corrected chi connectivity index (χ0v) is 16.6. The van der Waals surface area contributed by atoms with Gasteiger partial charge in [0.05, 0.1) is 5.92 Å². The molecule has 28 heavy (non-hydrogen) atoms. The number of benzene rings is 2. The number of carbonyl (C=O) groups is 1. The van der Waals surface area contributed by atoms with Gasteiger partial charge in [0.1, 0.15) is 24.7 Å². The van der Waals surface area contributed by atoms with Gasteiger partial charge >= 0.3 is 5.97 Å². The molecule has 1 unspecified atom stereocenters. The maximum absolute atomic E-state index is 11.0. The third-order valence-electron chi connectivity index (χ3n) is 5.44. The van der Waals surface area contributed by atoms with Gasteiger partial charge in [0.15, 0.2) is 0 Å². The van der Waals surface area contributed by atoms with Crippen molar-refractivity contribution in [1.82, 2.24) is 0 Å². The first-order valence-electron chi connectivity index (χ1n) is 10.3. The number of carboxylic acid groups (broad SMARTS) is 1. The van der Waals surface area contributed by atoms with E-state index in [0.717, 1.165) is 17.1 Å². The summed E-state index contributed by atoms with van der Waals surface area (Å²) in [6.07, 6.45) is 7.17. The zero-order chi connectivity index (χ0) is 19.8. The maximum Gasteiger partial charge on any atom is 0.306 e. The molecule has 1 N–H and O–H groups in total. The first-order valence-corrected chi connectivity index (χ1v) is 10.3. The highest BCUT2D eigenvalue weighted by atomic mass is 16.5. The van der Waals surface area contributed by atoms with Crippen molar-refractivity contribution in [3.05, 3.63) is 59.7 Å². The van der Waals surface area contributed by atoms with Crippen molar-refractivity contribution in [3.8, 4) is 11.5 Å². The van der Waals surface area contributed by atoms with E-state index in [1.54, 1.807) is 6.92 Å². The lowest BCUT2D eigenvalue weighted by Gasteiger charge is -2.22. The molecule has 150 valence electrons. The Kier molecular flexibility index (Phi) is 7.35. The molecule has 2 aromatic rings. The molecule has 0 bridgehead atoms. The van der Waals surface area contributed by atoms with Crippen molar-refractivity contribution in [2.75, 3.05) is 13.2 Å². The first kappa shape index (κ1) is 20.2. The predicted molar refractivity (Wildman–Crippen MR) is 110 cm³/mol. The van der Waals surface area contributed by atoms with Crippen LogP contribution in [0, 0.1) is 5.92 Å². The fourth-order valence-electron chi connectivity index (χ4n) is 3.79. The average molecular weight is 383 g/mol. The highest BCUT2D eigenvalue weighted by molar-refractivity contribution is 5.69. The Balaban J connectivity index is 1.42. The maximum atomic E-state index is 11.0. The van der Waals surface area contributed by atoms with Crippen molar-refractivity contribution in [2.24, 2.45) is 5.92 Å². The Morgan fingerprint density at radius 3 is 2.36 bits per heavy atom. The molecule has 0 saturated heterocycles. The van der Waals surface area contributed by atoms with Crippen LogP contribution in [0.2, 0.25) is 0 Å². The van der Waals surface area contributed by atoms with E-state index in [0.29, 0.717) is 25.6 Å². The fourth-order valence-corrected chi connectivity index (χ4v) is 3.79. The molecule has 0 radical (unpaired) electrons. The number of hydrogen-bond acceptors (Lipinski definition) is 3. The van der Waals surface area contributed by atoms with Gasteiger partial charge in [-0.3, -0.25) is 4.79 Å². The minimum absolute atomic E-state index is 0.407. The third-order valence-corrected chi connectivity index (χ3v) is 5.44. The van der Waals surface area contributed by atoms with Crippen LogP contribution in [0.3, 0.4) is 0 Å². The molecule has 0 spiro atoms. The Morgan fingerprint density at radius 2 is 1.68 bits per heavy atom. The monoisotopic (exact) mass is 382 g/mol. The molecule has 0 amide bonds. The van der Waals surface area contributed by atoms with Gasteiger partial charge < -0.3 is 14.6 Å². The van der Waals surface area contributed by atoms with Gasteiger partial charge in [-0.15, -0.1) is 0 Å². The summed E-state index contributed by atoms with van der Waals surface area (Å²) in [5, 5.41) is 9.04. The summed E-state index contributed by atoms with van der Waals surface area (Å²) >= 11 is 0. The van der Waals surface area contributed by atoms with Crippen LogP contribution in [-0.4, -0.2) is 24.3 Å². The van der Waals surface area contributed by atoms with Crippen LogP contribution in [0.25, 0.3) is 0 Å². The molecule has 0 heterocycles. The van der Waals surface area contributed by atoms with E-state index in [-0.39, 0.29) is 0 Å². The van der Waals surface area contributed by atoms with Crippen LogP contribution >= 0.6 is 0 Å². The predicted octanol–water partition coefficient (Wildman–Crippen LogP) is 5.46. The van der Waals surface area contributed by atoms with E-state index in [9.17, 15) is 4.79 Å². The van der Waals surface area contributed by atoms with Gasteiger partial charge in [0.2, 0.25) is 0 Å². The Labute approximate surface area is 167 Å². The minimum atomic E-state index is -0.783. The number of rotatable bonds is 9. The van der Waals surface area contributed by atoms with Crippen LogP contribution < -0.4 is 9.47 Å². The average Bonchev–Trinajstić information content (AvgIpc) is 2.72. The normalized spacial score (nSPS) is 15.8. The van der Waals surface area contributed by atoms with Gasteiger partial charge in [-0.1, -0.05) is 50.5 Å². The van der Waals surface area contributed by atoms with Crippen LogP contribution in [0.4, 0.5) is 0 Å². The molecular formula is C24H30O4. The van der Waals surface area contributed by atoms with E-state index in [4.69, 9.17) is 14.6 Å². The molecule has 1 aliphatic carbocycles. The van der Waals surface area contributed by atoms with E-state index in [2.05, 4.69) is 24.3 Å². The molecule has 1 atom stereocenters. The van der Waals surface area contributed by atoms with E-state index < -0.39 is 11.9 Å². The minimum Gasteiger partial charge on any atom is -0.490 e. The lowest BCUT2D eigenvalue weighted by molar-refractivity contribution is -0.141. The molecule has 0 aliphatic heterocycles. The molecule has 4 heteroatoms. The molecule has 1 saturated carbocycles. The van der Waals surface area contributed by atoms with Crippen LogP contribution in [0.1, 0.15) is 56.1 Å². The second-order valence-corrected chi connectivity index (χ2v) is 7.69. The second kappa shape index (κ2) is 10.2. The summed E-state index contributed by atoms with van der Waals surface area (Å²) in [5.41, 5.74) is 2.39. The van der Waals surface area contributed by atoms with Crippen molar-refractivity contribution in [1.29, 1.82) is 0 Å². The Bertz CT molecular complexity index is 747. The van der Waals surface area contributed by atoms with Crippen molar-refractivity contribution >= 4 is 5.97 Å². The quantitative estimate of drug-likeness (QED) is 0.586. The second-order valence-electron chi connectivity index (χ2n) is 7.69. The van der Waals surface area contributed by atoms with Crippen molar-refractivity contribution < 1.29 is 19.4 Å². The highest BCUT2D eigenvalue weighted by Gasteiger charge is 2.15. The molecule has 3 rings (SSSR count). The zero-order valence-electron chi connectivity index (χ0n) is 16.6. The van der Waals surface area contributed by atoms with Gasteiger partial charge in [-0.05, 0) is 60.6 Å². The fraction of sp³-hybridized carbons (Fsp3) is 0.458. The lowest BCUT2D eigenvalue weighted by atomic mass is 9.84. The standard InChI is InChI=1S/C24H30O4/c1-18(24(25)26)16-19-6-5-9-23(17-19)28-15-14-27-22-12-10-21(11-13-22)20-7-3-2-4-8-20/h5-6,9-13,17-18,20H,2-4,7-8,14-16H2,1H3,(H,25,26). The summed E-state index contributed by atoms with van der Waals surface area (Å²) in [5.74, 6) is 1.13. The third kappa shape index (κ3) is 6.01. The number of aliphatic carboxylic acids is 1. The number of ether oxygens (including phenoxy) is 2. The summed E-state index contributed by atoms with van der Waals surface area (Å²) in [6, 6.07) is 16.1. The Morgan fingerprint density at radius 1 is 1.00 bits per heavy atom. The summed E-state index contributed by atoms with van der Waals surface area (Å²) in [7, 11) is 0. The van der Waals surface area contributed by atoms with E-state index in [1.807, 2.05) is 24.3 Å². The number of hydrogen-bond donors (Lipinski definition) is 1. The van der Waals surface area contributed by atoms with Crippen molar-refractivity contribution in [2.45, 2.75) is 51.4 Å².